The van der Waals surface area contributed by atoms with Gasteiger partial charge >= 0.3 is 0 Å². The van der Waals surface area contributed by atoms with Gasteiger partial charge in [-0.1, -0.05) is 36.2 Å². The molecule has 0 aromatic heterocycles. The molecule has 106 valence electrons. The molecule has 1 aromatic carbocycles. The zero-order valence-corrected chi connectivity index (χ0v) is 12.3. The molecule has 0 amide bonds. The van der Waals surface area contributed by atoms with Gasteiger partial charge in [0.1, 0.15) is 0 Å². The van der Waals surface area contributed by atoms with Crippen LogP contribution in [-0.2, 0) is 4.74 Å². The van der Waals surface area contributed by atoms with Gasteiger partial charge in [-0.3, -0.25) is 0 Å². The minimum atomic E-state index is 0.535. The van der Waals surface area contributed by atoms with Crippen molar-refractivity contribution in [3.05, 3.63) is 35.4 Å². The molecule has 2 rings (SSSR count). The highest BCUT2D eigenvalue weighted by molar-refractivity contribution is 5.25. The van der Waals surface area contributed by atoms with Crippen molar-refractivity contribution in [2.75, 3.05) is 20.2 Å². The third kappa shape index (κ3) is 4.63. The summed E-state index contributed by atoms with van der Waals surface area (Å²) in [4.78, 5) is 0. The lowest BCUT2D eigenvalue weighted by atomic mass is 9.91. The average Bonchev–Trinajstić information content (AvgIpc) is 2.91. The second-order valence-electron chi connectivity index (χ2n) is 5.73. The van der Waals surface area contributed by atoms with Crippen LogP contribution in [0.2, 0.25) is 0 Å². The monoisotopic (exact) mass is 261 g/mol. The van der Waals surface area contributed by atoms with Gasteiger partial charge in [-0.15, -0.1) is 0 Å². The lowest BCUT2D eigenvalue weighted by Crippen LogP contribution is -2.18. The first-order valence-electron chi connectivity index (χ1n) is 7.62. The second-order valence-corrected chi connectivity index (χ2v) is 5.73. The van der Waals surface area contributed by atoms with E-state index in [1.165, 1.54) is 43.2 Å². The number of rotatable bonds is 7. The Bertz CT molecular complexity index is 371. The quantitative estimate of drug-likeness (QED) is 0.809. The number of ether oxygens (including phenoxy) is 1. The van der Waals surface area contributed by atoms with Gasteiger partial charge < -0.3 is 10.1 Å². The molecule has 1 aliphatic heterocycles. The van der Waals surface area contributed by atoms with Crippen LogP contribution in [-0.4, -0.2) is 26.3 Å². The minimum Gasteiger partial charge on any atom is -0.378 e. The molecule has 1 saturated heterocycles. The summed E-state index contributed by atoms with van der Waals surface area (Å²) in [5.74, 6) is 0.631. The highest BCUT2D eigenvalue weighted by Gasteiger charge is 2.16. The molecule has 0 aliphatic carbocycles. The Labute approximate surface area is 117 Å². The molecule has 2 heteroatoms. The molecule has 2 atom stereocenters. The highest BCUT2D eigenvalue weighted by atomic mass is 16.5. The first kappa shape index (κ1) is 14.5. The summed E-state index contributed by atoms with van der Waals surface area (Å²) in [6, 6.07) is 8.94. The topological polar surface area (TPSA) is 21.3 Å². The standard InChI is InChI=1S/C17H27NO/c1-14-6-3-7-15(12-14)16(13-18-2)8-4-9-17-10-5-11-19-17/h3,6-7,12,16-18H,4-5,8-11,13H2,1-2H3. The van der Waals surface area contributed by atoms with E-state index in [1.807, 2.05) is 7.05 Å². The van der Waals surface area contributed by atoms with Crippen LogP contribution >= 0.6 is 0 Å². The van der Waals surface area contributed by atoms with Crippen LogP contribution in [0.25, 0.3) is 0 Å². The van der Waals surface area contributed by atoms with E-state index in [4.69, 9.17) is 4.74 Å². The summed E-state index contributed by atoms with van der Waals surface area (Å²) in [7, 11) is 2.04. The first-order valence-corrected chi connectivity index (χ1v) is 7.62. The Morgan fingerprint density at radius 1 is 1.42 bits per heavy atom. The maximum Gasteiger partial charge on any atom is 0.0576 e. The predicted molar refractivity (Wildman–Crippen MR) is 80.7 cm³/mol. The average molecular weight is 261 g/mol. The van der Waals surface area contributed by atoms with E-state index < -0.39 is 0 Å². The molecule has 1 fully saturated rings. The van der Waals surface area contributed by atoms with Gasteiger partial charge in [0.2, 0.25) is 0 Å². The molecule has 19 heavy (non-hydrogen) atoms. The van der Waals surface area contributed by atoms with Crippen LogP contribution in [0.4, 0.5) is 0 Å². The van der Waals surface area contributed by atoms with Crippen molar-refractivity contribution in [2.24, 2.45) is 0 Å². The van der Waals surface area contributed by atoms with E-state index >= 15 is 0 Å². The van der Waals surface area contributed by atoms with Gasteiger partial charge in [-0.25, -0.2) is 0 Å². The normalized spacial score (nSPS) is 20.6. The van der Waals surface area contributed by atoms with Crippen molar-refractivity contribution in [1.82, 2.24) is 5.32 Å². The van der Waals surface area contributed by atoms with Crippen molar-refractivity contribution < 1.29 is 4.74 Å². The van der Waals surface area contributed by atoms with Crippen LogP contribution in [0, 0.1) is 6.92 Å². The highest BCUT2D eigenvalue weighted by Crippen LogP contribution is 2.25. The SMILES string of the molecule is CNCC(CCCC1CCCO1)c1cccc(C)c1. The molecule has 0 bridgehead atoms. The number of hydrogen-bond donors (Lipinski definition) is 1. The molecule has 1 heterocycles. The van der Waals surface area contributed by atoms with Crippen molar-refractivity contribution in [1.29, 1.82) is 0 Å². The Morgan fingerprint density at radius 3 is 3.00 bits per heavy atom. The molecule has 2 unspecified atom stereocenters. The van der Waals surface area contributed by atoms with Crippen LogP contribution in [0.15, 0.2) is 24.3 Å². The van der Waals surface area contributed by atoms with E-state index in [2.05, 4.69) is 36.5 Å². The fourth-order valence-electron chi connectivity index (χ4n) is 3.02. The van der Waals surface area contributed by atoms with Crippen LogP contribution in [0.5, 0.6) is 0 Å². The summed E-state index contributed by atoms with van der Waals surface area (Å²) < 4.78 is 5.70. The fraction of sp³-hybridized carbons (Fsp3) is 0.647. The van der Waals surface area contributed by atoms with Crippen LogP contribution < -0.4 is 5.32 Å². The number of nitrogens with one attached hydrogen (secondary N) is 1. The Morgan fingerprint density at radius 2 is 2.32 bits per heavy atom. The number of hydrogen-bond acceptors (Lipinski definition) is 2. The molecule has 1 aliphatic rings. The number of aryl methyl sites for hydroxylation is 1. The zero-order chi connectivity index (χ0) is 13.5. The second kappa shape index (κ2) is 7.66. The summed E-state index contributed by atoms with van der Waals surface area (Å²) in [6.45, 7) is 4.21. The third-order valence-corrected chi connectivity index (χ3v) is 4.07. The van der Waals surface area contributed by atoms with E-state index in [1.54, 1.807) is 0 Å². The van der Waals surface area contributed by atoms with Crippen molar-refractivity contribution >= 4 is 0 Å². The molecule has 0 radical (unpaired) electrons. The van der Waals surface area contributed by atoms with Crippen molar-refractivity contribution in [3.63, 3.8) is 0 Å². The predicted octanol–water partition coefficient (Wildman–Crippen LogP) is 3.65. The van der Waals surface area contributed by atoms with E-state index in [9.17, 15) is 0 Å². The lowest BCUT2D eigenvalue weighted by molar-refractivity contribution is 0.101. The molecular weight excluding hydrogens is 234 g/mol. The van der Waals surface area contributed by atoms with E-state index in [-0.39, 0.29) is 0 Å². The Kier molecular flexibility index (Phi) is 5.87. The largest absolute Gasteiger partial charge is 0.378 e. The maximum absolute atomic E-state index is 5.70. The summed E-state index contributed by atoms with van der Waals surface area (Å²) >= 11 is 0. The fourth-order valence-corrected chi connectivity index (χ4v) is 3.02. The van der Waals surface area contributed by atoms with Gasteiger partial charge in [0.25, 0.3) is 0 Å². The van der Waals surface area contributed by atoms with Gasteiger partial charge in [-0.05, 0) is 51.1 Å². The number of likely N-dealkylation sites (N-methyl/N-ethyl adjacent to an activating group) is 1. The smallest absolute Gasteiger partial charge is 0.0576 e. The molecular formula is C17H27NO. The molecule has 2 nitrogen and oxygen atoms in total. The van der Waals surface area contributed by atoms with Gasteiger partial charge in [-0.2, -0.15) is 0 Å². The summed E-state index contributed by atoms with van der Waals surface area (Å²) in [5.41, 5.74) is 2.83. The maximum atomic E-state index is 5.70. The molecule has 1 N–H and O–H groups in total. The molecule has 1 aromatic rings. The molecule has 0 saturated carbocycles. The van der Waals surface area contributed by atoms with Crippen molar-refractivity contribution in [2.45, 2.75) is 51.0 Å². The van der Waals surface area contributed by atoms with E-state index in [0.717, 1.165) is 13.2 Å². The minimum absolute atomic E-state index is 0.535. The van der Waals surface area contributed by atoms with Gasteiger partial charge in [0.15, 0.2) is 0 Å². The van der Waals surface area contributed by atoms with Crippen molar-refractivity contribution in [3.8, 4) is 0 Å². The Balaban J connectivity index is 1.84. The third-order valence-electron chi connectivity index (χ3n) is 4.07. The van der Waals surface area contributed by atoms with Crippen LogP contribution in [0.3, 0.4) is 0 Å². The Hall–Kier alpha value is -0.860. The molecule has 0 spiro atoms. The summed E-state index contributed by atoms with van der Waals surface area (Å²) in [6.07, 6.45) is 6.80. The number of benzene rings is 1. The zero-order valence-electron chi connectivity index (χ0n) is 12.3. The van der Waals surface area contributed by atoms with Gasteiger partial charge in [0.05, 0.1) is 6.10 Å². The van der Waals surface area contributed by atoms with Gasteiger partial charge in [0, 0.05) is 13.2 Å². The van der Waals surface area contributed by atoms with Crippen LogP contribution in [0.1, 0.15) is 49.1 Å². The first-order chi connectivity index (χ1) is 9.29. The van der Waals surface area contributed by atoms with E-state index in [0.29, 0.717) is 12.0 Å². The lowest BCUT2D eigenvalue weighted by Gasteiger charge is -2.18. The summed E-state index contributed by atoms with van der Waals surface area (Å²) in [5, 5.41) is 3.33.